The number of ketones is 1. The number of hydrogen-bond acceptors (Lipinski definition) is 5. The third-order valence-electron chi connectivity index (χ3n) is 7.35. The van der Waals surface area contributed by atoms with Gasteiger partial charge >= 0.3 is 5.97 Å². The number of hydrogen-bond donors (Lipinski definition) is 0. The fourth-order valence-electron chi connectivity index (χ4n) is 5.45. The third-order valence-corrected chi connectivity index (χ3v) is 7.35. The molecule has 3 fully saturated rings. The van der Waals surface area contributed by atoms with Gasteiger partial charge in [-0.05, 0) is 76.2 Å². The minimum absolute atomic E-state index is 0.0826. The highest BCUT2D eigenvalue weighted by atomic mass is 16.7. The molecule has 3 aliphatic rings. The standard InChI is InChI=1S/C28H40O5/c1-4-5-10-20(2)25(29)15-14-23-24-18-21(11-6-7-12-27(30)31-3)17-22(24)19-26(23)33-28-13-8-9-16-32-28/h11,14-15,20,22-24,26,28H,6-10,12-13,16-19H2,1-3H3/b15-14+,21-11+/t20-,22?,23-,24+,26-,28?/m1/s1. The van der Waals surface area contributed by atoms with Crippen molar-refractivity contribution >= 4 is 11.8 Å². The van der Waals surface area contributed by atoms with Crippen LogP contribution in [0.3, 0.4) is 0 Å². The Morgan fingerprint density at radius 1 is 1.27 bits per heavy atom. The first-order valence-corrected chi connectivity index (χ1v) is 12.6. The van der Waals surface area contributed by atoms with Gasteiger partial charge in [0.25, 0.3) is 0 Å². The van der Waals surface area contributed by atoms with E-state index in [9.17, 15) is 9.59 Å². The fraction of sp³-hybridized carbons (Fsp3) is 0.714. The summed E-state index contributed by atoms with van der Waals surface area (Å²) >= 11 is 0. The molecule has 182 valence electrons. The molecule has 6 atom stereocenters. The van der Waals surface area contributed by atoms with E-state index in [-0.39, 0.29) is 36.0 Å². The summed E-state index contributed by atoms with van der Waals surface area (Å²) in [4.78, 5) is 24.0. The molecule has 1 heterocycles. The molecule has 0 spiro atoms. The van der Waals surface area contributed by atoms with E-state index >= 15 is 0 Å². The van der Waals surface area contributed by atoms with Gasteiger partial charge in [0.1, 0.15) is 0 Å². The molecule has 0 aromatic rings. The Hall–Kier alpha value is -1.90. The van der Waals surface area contributed by atoms with E-state index in [1.54, 1.807) is 6.08 Å². The molecule has 0 N–H and O–H groups in total. The second-order valence-electron chi connectivity index (χ2n) is 9.74. The Labute approximate surface area is 199 Å². The Kier molecular flexibility index (Phi) is 10.2. The number of ether oxygens (including phenoxy) is 3. The zero-order valence-corrected chi connectivity index (χ0v) is 20.5. The minimum Gasteiger partial charge on any atom is -0.469 e. The van der Waals surface area contributed by atoms with Crippen LogP contribution in [-0.4, -0.2) is 37.9 Å². The average Bonchev–Trinajstić information content (AvgIpc) is 3.36. The lowest BCUT2D eigenvalue weighted by molar-refractivity contribution is -0.193. The number of unbranched alkanes of at least 4 members (excludes halogenated alkanes) is 1. The van der Waals surface area contributed by atoms with Gasteiger partial charge in [-0.15, -0.1) is 11.8 Å². The lowest BCUT2D eigenvalue weighted by Crippen LogP contribution is -2.30. The van der Waals surface area contributed by atoms with E-state index in [2.05, 4.69) is 24.0 Å². The first kappa shape index (κ1) is 25.7. The van der Waals surface area contributed by atoms with Crippen LogP contribution in [0.1, 0.15) is 78.1 Å². The summed E-state index contributed by atoms with van der Waals surface area (Å²) in [6.45, 7) is 4.53. The molecule has 3 rings (SSSR count). The lowest BCUT2D eigenvalue weighted by Gasteiger charge is -2.29. The van der Waals surface area contributed by atoms with Crippen LogP contribution in [0.15, 0.2) is 23.8 Å². The van der Waals surface area contributed by atoms with Crippen LogP contribution in [0.4, 0.5) is 0 Å². The summed E-state index contributed by atoms with van der Waals surface area (Å²) in [5.74, 6) is 7.12. The maximum atomic E-state index is 12.6. The number of methoxy groups -OCH3 is 1. The van der Waals surface area contributed by atoms with Crippen molar-refractivity contribution < 1.29 is 23.8 Å². The largest absolute Gasteiger partial charge is 0.469 e. The zero-order chi connectivity index (χ0) is 23.6. The quantitative estimate of drug-likeness (QED) is 0.145. The van der Waals surface area contributed by atoms with Gasteiger partial charge in [-0.1, -0.05) is 24.6 Å². The van der Waals surface area contributed by atoms with Gasteiger partial charge in [0, 0.05) is 31.3 Å². The molecule has 0 aromatic carbocycles. The number of allylic oxidation sites excluding steroid dienone is 3. The van der Waals surface area contributed by atoms with Crippen molar-refractivity contribution in [2.45, 2.75) is 90.4 Å². The number of carbonyl (C=O) groups is 2. The normalized spacial score (nSPS) is 31.2. The molecular formula is C28H40O5. The van der Waals surface area contributed by atoms with E-state index in [0.29, 0.717) is 24.7 Å². The molecule has 1 saturated heterocycles. The molecule has 0 aromatic heterocycles. The Morgan fingerprint density at radius 2 is 2.12 bits per heavy atom. The molecular weight excluding hydrogens is 416 g/mol. The van der Waals surface area contributed by atoms with Crippen molar-refractivity contribution in [2.75, 3.05) is 13.7 Å². The van der Waals surface area contributed by atoms with Gasteiger partial charge in [0.15, 0.2) is 12.1 Å². The van der Waals surface area contributed by atoms with Crippen LogP contribution < -0.4 is 0 Å². The topological polar surface area (TPSA) is 61.8 Å². The summed E-state index contributed by atoms with van der Waals surface area (Å²) in [6.07, 6.45) is 15.4. The summed E-state index contributed by atoms with van der Waals surface area (Å²) < 4.78 is 17.0. The van der Waals surface area contributed by atoms with Crippen molar-refractivity contribution in [1.82, 2.24) is 0 Å². The number of esters is 1. The maximum absolute atomic E-state index is 12.6. The van der Waals surface area contributed by atoms with E-state index < -0.39 is 0 Å². The van der Waals surface area contributed by atoms with Crippen LogP contribution in [0.2, 0.25) is 0 Å². The highest BCUT2D eigenvalue weighted by Gasteiger charge is 2.47. The molecule has 2 aliphatic carbocycles. The van der Waals surface area contributed by atoms with E-state index in [1.807, 2.05) is 13.8 Å². The van der Waals surface area contributed by atoms with E-state index in [4.69, 9.17) is 14.2 Å². The number of carbonyl (C=O) groups excluding carboxylic acids is 2. The summed E-state index contributed by atoms with van der Waals surface area (Å²) in [7, 11) is 1.44. The van der Waals surface area contributed by atoms with E-state index in [0.717, 1.165) is 58.0 Å². The third kappa shape index (κ3) is 7.55. The second kappa shape index (κ2) is 13.1. The van der Waals surface area contributed by atoms with Crippen LogP contribution in [-0.2, 0) is 23.8 Å². The summed E-state index contributed by atoms with van der Waals surface area (Å²) in [5.41, 5.74) is 1.48. The molecule has 2 saturated carbocycles. The maximum Gasteiger partial charge on any atom is 0.305 e. The van der Waals surface area contributed by atoms with Gasteiger partial charge < -0.3 is 14.2 Å². The number of fused-ring (bicyclic) bond motifs is 1. The zero-order valence-electron chi connectivity index (χ0n) is 20.5. The van der Waals surface area contributed by atoms with Crippen molar-refractivity contribution in [1.29, 1.82) is 0 Å². The fourth-order valence-corrected chi connectivity index (χ4v) is 5.45. The summed E-state index contributed by atoms with van der Waals surface area (Å²) in [6, 6.07) is 0. The van der Waals surface area contributed by atoms with Crippen molar-refractivity contribution in [2.24, 2.45) is 23.7 Å². The molecule has 0 amide bonds. The van der Waals surface area contributed by atoms with Gasteiger partial charge in [0.2, 0.25) is 0 Å². The van der Waals surface area contributed by atoms with Crippen LogP contribution in [0.25, 0.3) is 0 Å². The average molecular weight is 457 g/mol. The molecule has 5 nitrogen and oxygen atoms in total. The molecule has 33 heavy (non-hydrogen) atoms. The predicted octanol–water partition coefficient (Wildman–Crippen LogP) is 5.39. The minimum atomic E-state index is -0.143. The van der Waals surface area contributed by atoms with Gasteiger partial charge in [-0.2, -0.15) is 0 Å². The predicted molar refractivity (Wildman–Crippen MR) is 128 cm³/mol. The van der Waals surface area contributed by atoms with Gasteiger partial charge in [-0.25, -0.2) is 0 Å². The van der Waals surface area contributed by atoms with Crippen LogP contribution in [0.5, 0.6) is 0 Å². The van der Waals surface area contributed by atoms with Crippen molar-refractivity contribution in [3.05, 3.63) is 23.8 Å². The SMILES string of the molecule is CC#CC[C@@H](C)C(=O)/C=C/[C@H]1[C@H](OC2CCCCO2)CC2C/C(=C\CCCC(=O)OC)C[C@@H]21. The highest BCUT2D eigenvalue weighted by Crippen LogP contribution is 2.52. The summed E-state index contributed by atoms with van der Waals surface area (Å²) in [5, 5.41) is 0. The first-order chi connectivity index (χ1) is 16.0. The van der Waals surface area contributed by atoms with Crippen LogP contribution in [0, 0.1) is 35.5 Å². The molecule has 1 aliphatic heterocycles. The number of rotatable bonds is 10. The first-order valence-electron chi connectivity index (χ1n) is 12.6. The monoisotopic (exact) mass is 456 g/mol. The Morgan fingerprint density at radius 3 is 2.85 bits per heavy atom. The van der Waals surface area contributed by atoms with Crippen molar-refractivity contribution in [3.63, 3.8) is 0 Å². The highest BCUT2D eigenvalue weighted by molar-refractivity contribution is 5.91. The molecule has 0 radical (unpaired) electrons. The lowest BCUT2D eigenvalue weighted by atomic mass is 9.89. The van der Waals surface area contributed by atoms with E-state index in [1.165, 1.54) is 12.7 Å². The Balaban J connectivity index is 1.63. The molecule has 5 heteroatoms. The molecule has 2 unspecified atom stereocenters. The van der Waals surface area contributed by atoms with Gasteiger partial charge in [0.05, 0.1) is 13.2 Å². The van der Waals surface area contributed by atoms with Gasteiger partial charge in [-0.3, -0.25) is 9.59 Å². The van der Waals surface area contributed by atoms with Crippen LogP contribution >= 0.6 is 0 Å². The second-order valence-corrected chi connectivity index (χ2v) is 9.74. The van der Waals surface area contributed by atoms with Crippen molar-refractivity contribution in [3.8, 4) is 11.8 Å². The Bertz CT molecular complexity index is 780. The molecule has 0 bridgehead atoms. The smallest absolute Gasteiger partial charge is 0.305 e.